The first-order valence-electron chi connectivity index (χ1n) is 3.82. The molecule has 0 bridgehead atoms. The number of aryl methyl sites for hydroxylation is 1. The van der Waals surface area contributed by atoms with Crippen LogP contribution in [0.2, 0.25) is 5.15 Å². The Bertz CT molecular complexity index is 476. The fraction of sp³-hybridized carbons (Fsp3) is 0.111. The summed E-state index contributed by atoms with van der Waals surface area (Å²) < 4.78 is 1.80. The molecule has 0 aliphatic carbocycles. The number of hydrogen-bond donors (Lipinski definition) is 0. The standard InChI is InChI=1S/C9H7ClN2O/c1-6-11-9(10)8-7(5-13)3-2-4-12(6)8/h2-5H,1H3. The van der Waals surface area contributed by atoms with Gasteiger partial charge in [-0.1, -0.05) is 11.6 Å². The van der Waals surface area contributed by atoms with Gasteiger partial charge in [0.2, 0.25) is 0 Å². The summed E-state index contributed by atoms with van der Waals surface area (Å²) >= 11 is 5.87. The summed E-state index contributed by atoms with van der Waals surface area (Å²) in [6.07, 6.45) is 2.61. The molecule has 0 amide bonds. The zero-order valence-electron chi connectivity index (χ0n) is 6.99. The fourth-order valence-electron chi connectivity index (χ4n) is 1.36. The lowest BCUT2D eigenvalue weighted by atomic mass is 10.2. The summed E-state index contributed by atoms with van der Waals surface area (Å²) in [5.74, 6) is 0.781. The van der Waals surface area contributed by atoms with Crippen molar-refractivity contribution in [3.8, 4) is 0 Å². The van der Waals surface area contributed by atoms with Crippen molar-refractivity contribution >= 4 is 23.4 Å². The van der Waals surface area contributed by atoms with Crippen molar-refractivity contribution < 1.29 is 4.79 Å². The third-order valence-corrected chi connectivity index (χ3v) is 2.22. The number of aldehydes is 1. The summed E-state index contributed by atoms with van der Waals surface area (Å²) in [5, 5.41) is 0.375. The normalized spacial score (nSPS) is 10.6. The van der Waals surface area contributed by atoms with Crippen molar-refractivity contribution in [2.45, 2.75) is 6.92 Å². The van der Waals surface area contributed by atoms with E-state index in [1.165, 1.54) is 0 Å². The van der Waals surface area contributed by atoms with Gasteiger partial charge in [0, 0.05) is 11.8 Å². The molecule has 0 aromatic carbocycles. The van der Waals surface area contributed by atoms with Crippen molar-refractivity contribution in [3.63, 3.8) is 0 Å². The molecule has 0 saturated heterocycles. The molecule has 0 unspecified atom stereocenters. The molecule has 66 valence electrons. The predicted molar refractivity (Wildman–Crippen MR) is 50.3 cm³/mol. The number of aromatic nitrogens is 2. The Labute approximate surface area is 80.0 Å². The molecule has 2 heterocycles. The van der Waals surface area contributed by atoms with Gasteiger partial charge in [-0.05, 0) is 19.1 Å². The molecule has 0 N–H and O–H groups in total. The van der Waals surface area contributed by atoms with Crippen LogP contribution in [0.4, 0.5) is 0 Å². The molecule has 0 aliphatic heterocycles. The van der Waals surface area contributed by atoms with Crippen LogP contribution in [0.15, 0.2) is 18.3 Å². The highest BCUT2D eigenvalue weighted by molar-refractivity contribution is 6.33. The number of carbonyl (C=O) groups is 1. The van der Waals surface area contributed by atoms with Gasteiger partial charge in [0.05, 0.1) is 5.52 Å². The van der Waals surface area contributed by atoms with E-state index in [9.17, 15) is 4.79 Å². The first-order chi connectivity index (χ1) is 6.24. The summed E-state index contributed by atoms with van der Waals surface area (Å²) in [6.45, 7) is 1.84. The zero-order valence-corrected chi connectivity index (χ0v) is 7.75. The molecule has 2 aromatic rings. The van der Waals surface area contributed by atoms with E-state index in [4.69, 9.17) is 11.6 Å². The number of rotatable bonds is 1. The number of imidazole rings is 1. The van der Waals surface area contributed by atoms with Crippen LogP contribution in [0.25, 0.3) is 5.52 Å². The SMILES string of the molecule is Cc1nc(Cl)c2c(C=O)cccn12. The van der Waals surface area contributed by atoms with Gasteiger partial charge in [-0.15, -0.1) is 0 Å². The van der Waals surface area contributed by atoms with Gasteiger partial charge in [-0.25, -0.2) is 4.98 Å². The smallest absolute Gasteiger partial charge is 0.155 e. The van der Waals surface area contributed by atoms with Gasteiger partial charge in [0.1, 0.15) is 5.82 Å². The topological polar surface area (TPSA) is 34.4 Å². The van der Waals surface area contributed by atoms with Crippen molar-refractivity contribution in [2.24, 2.45) is 0 Å². The van der Waals surface area contributed by atoms with E-state index in [0.717, 1.165) is 12.1 Å². The molecule has 0 radical (unpaired) electrons. The van der Waals surface area contributed by atoms with Crippen molar-refractivity contribution in [1.82, 2.24) is 9.38 Å². The van der Waals surface area contributed by atoms with E-state index in [1.807, 2.05) is 13.1 Å². The van der Waals surface area contributed by atoms with Crippen LogP contribution in [0, 0.1) is 6.92 Å². The third kappa shape index (κ3) is 1.12. The van der Waals surface area contributed by atoms with E-state index in [2.05, 4.69) is 4.98 Å². The minimum atomic E-state index is 0.375. The largest absolute Gasteiger partial charge is 0.302 e. The summed E-state index contributed by atoms with van der Waals surface area (Å²) in [5.41, 5.74) is 1.24. The van der Waals surface area contributed by atoms with Gasteiger partial charge >= 0.3 is 0 Å². The zero-order chi connectivity index (χ0) is 9.42. The maximum Gasteiger partial charge on any atom is 0.155 e. The Morgan fingerprint density at radius 2 is 2.38 bits per heavy atom. The summed E-state index contributed by atoms with van der Waals surface area (Å²) in [7, 11) is 0. The molecule has 4 heteroatoms. The van der Waals surface area contributed by atoms with Crippen molar-refractivity contribution in [3.05, 3.63) is 34.9 Å². The number of fused-ring (bicyclic) bond motifs is 1. The first-order valence-corrected chi connectivity index (χ1v) is 4.20. The van der Waals surface area contributed by atoms with Crippen LogP contribution in [0.3, 0.4) is 0 Å². The highest BCUT2D eigenvalue weighted by Crippen LogP contribution is 2.20. The summed E-state index contributed by atoms with van der Waals surface area (Å²) in [4.78, 5) is 14.8. The lowest BCUT2D eigenvalue weighted by Gasteiger charge is -1.97. The van der Waals surface area contributed by atoms with Crippen LogP contribution in [-0.2, 0) is 0 Å². The second-order valence-electron chi connectivity index (χ2n) is 2.75. The predicted octanol–water partition coefficient (Wildman–Crippen LogP) is 2.11. The Balaban J connectivity index is 2.96. The van der Waals surface area contributed by atoms with Crippen LogP contribution < -0.4 is 0 Å². The number of hydrogen-bond acceptors (Lipinski definition) is 2. The van der Waals surface area contributed by atoms with Crippen molar-refractivity contribution in [2.75, 3.05) is 0 Å². The molecule has 0 spiro atoms. The van der Waals surface area contributed by atoms with Gasteiger partial charge in [-0.2, -0.15) is 0 Å². The molecule has 3 nitrogen and oxygen atoms in total. The Hall–Kier alpha value is -1.35. The quantitative estimate of drug-likeness (QED) is 0.652. The summed E-state index contributed by atoms with van der Waals surface area (Å²) in [6, 6.07) is 3.51. The first kappa shape index (κ1) is 8.26. The van der Waals surface area contributed by atoms with Gasteiger partial charge in [0.15, 0.2) is 11.4 Å². The van der Waals surface area contributed by atoms with Gasteiger partial charge in [-0.3, -0.25) is 4.79 Å². The van der Waals surface area contributed by atoms with E-state index in [0.29, 0.717) is 16.2 Å². The second kappa shape index (κ2) is 2.85. The molecule has 13 heavy (non-hydrogen) atoms. The maximum absolute atomic E-state index is 10.7. The lowest BCUT2D eigenvalue weighted by Crippen LogP contribution is -1.90. The molecule has 2 rings (SSSR count). The third-order valence-electron chi connectivity index (χ3n) is 1.96. The van der Waals surface area contributed by atoms with Crippen molar-refractivity contribution in [1.29, 1.82) is 0 Å². The fourth-order valence-corrected chi connectivity index (χ4v) is 1.68. The Kier molecular flexibility index (Phi) is 1.81. The monoisotopic (exact) mass is 194 g/mol. The van der Waals surface area contributed by atoms with Gasteiger partial charge < -0.3 is 4.40 Å². The lowest BCUT2D eigenvalue weighted by molar-refractivity contribution is 0.112. The average Bonchev–Trinajstić information content (AvgIpc) is 2.43. The minimum absolute atomic E-state index is 0.375. The molecule has 2 aromatic heterocycles. The molecule has 0 fully saturated rings. The molecule has 0 saturated carbocycles. The van der Waals surface area contributed by atoms with E-state index in [-0.39, 0.29) is 0 Å². The minimum Gasteiger partial charge on any atom is -0.302 e. The number of halogens is 1. The molecular formula is C9H7ClN2O. The molecular weight excluding hydrogens is 188 g/mol. The van der Waals surface area contributed by atoms with Crippen LogP contribution in [-0.4, -0.2) is 15.7 Å². The van der Waals surface area contributed by atoms with E-state index >= 15 is 0 Å². The van der Waals surface area contributed by atoms with Crippen LogP contribution in [0.1, 0.15) is 16.2 Å². The maximum atomic E-state index is 10.7. The number of pyridine rings is 1. The Morgan fingerprint density at radius 3 is 3.08 bits per heavy atom. The highest BCUT2D eigenvalue weighted by Gasteiger charge is 2.08. The molecule has 0 aliphatic rings. The average molecular weight is 195 g/mol. The van der Waals surface area contributed by atoms with E-state index in [1.54, 1.807) is 16.5 Å². The Morgan fingerprint density at radius 1 is 1.62 bits per heavy atom. The number of nitrogens with zero attached hydrogens (tertiary/aromatic N) is 2. The number of carbonyl (C=O) groups excluding carboxylic acids is 1. The highest BCUT2D eigenvalue weighted by atomic mass is 35.5. The van der Waals surface area contributed by atoms with Crippen LogP contribution >= 0.6 is 11.6 Å². The van der Waals surface area contributed by atoms with E-state index < -0.39 is 0 Å². The molecule has 0 atom stereocenters. The van der Waals surface area contributed by atoms with Gasteiger partial charge in [0.25, 0.3) is 0 Å². The van der Waals surface area contributed by atoms with Crippen LogP contribution in [0.5, 0.6) is 0 Å². The second-order valence-corrected chi connectivity index (χ2v) is 3.11.